The van der Waals surface area contributed by atoms with E-state index in [2.05, 4.69) is 0 Å². The van der Waals surface area contributed by atoms with Crippen LogP contribution in [0.5, 0.6) is 0 Å². The summed E-state index contributed by atoms with van der Waals surface area (Å²) in [5.74, 6) is 0.496. The van der Waals surface area contributed by atoms with Gasteiger partial charge in [-0.2, -0.15) is 13.2 Å². The van der Waals surface area contributed by atoms with Gasteiger partial charge in [0.2, 0.25) is 0 Å². The first-order chi connectivity index (χ1) is 9.50. The fraction of sp³-hybridized carbons (Fsp3) is 0.500. The average molecular weight is 283 g/mol. The summed E-state index contributed by atoms with van der Waals surface area (Å²) in [4.78, 5) is 0. The van der Waals surface area contributed by atoms with Gasteiger partial charge in [0.15, 0.2) is 0 Å². The number of nitrogens with two attached hydrogens (primary N) is 1. The van der Waals surface area contributed by atoms with E-state index in [1.807, 2.05) is 6.08 Å². The highest BCUT2D eigenvalue weighted by Gasteiger charge is 2.29. The van der Waals surface area contributed by atoms with E-state index in [1.54, 1.807) is 0 Å². The minimum atomic E-state index is -4.28. The van der Waals surface area contributed by atoms with Crippen molar-refractivity contribution in [2.45, 2.75) is 38.3 Å². The zero-order valence-corrected chi connectivity index (χ0v) is 11.4. The molecular weight excluding hydrogens is 263 g/mol. The highest BCUT2D eigenvalue weighted by molar-refractivity contribution is 5.54. The number of halogens is 3. The largest absolute Gasteiger partial charge is 0.416 e. The maximum atomic E-state index is 12.5. The van der Waals surface area contributed by atoms with Crippen LogP contribution in [-0.2, 0) is 6.18 Å². The second kappa shape index (κ2) is 6.44. The van der Waals surface area contributed by atoms with Crippen molar-refractivity contribution >= 4 is 6.08 Å². The first-order valence-corrected chi connectivity index (χ1v) is 7.08. The molecule has 0 bridgehead atoms. The van der Waals surface area contributed by atoms with Gasteiger partial charge in [0.05, 0.1) is 5.56 Å². The second-order valence-electron chi connectivity index (χ2n) is 5.38. The van der Waals surface area contributed by atoms with Crippen molar-refractivity contribution in [3.8, 4) is 0 Å². The third kappa shape index (κ3) is 3.85. The van der Waals surface area contributed by atoms with Gasteiger partial charge in [0, 0.05) is 6.54 Å². The Labute approximate surface area is 117 Å². The monoisotopic (exact) mass is 283 g/mol. The van der Waals surface area contributed by atoms with Gasteiger partial charge >= 0.3 is 6.18 Å². The van der Waals surface area contributed by atoms with Gasteiger partial charge in [-0.15, -0.1) is 0 Å². The minimum Gasteiger partial charge on any atom is -0.327 e. The molecule has 2 rings (SSSR count). The summed E-state index contributed by atoms with van der Waals surface area (Å²) < 4.78 is 37.5. The molecule has 0 heterocycles. The number of benzene rings is 1. The van der Waals surface area contributed by atoms with Crippen LogP contribution < -0.4 is 5.73 Å². The summed E-state index contributed by atoms with van der Waals surface area (Å²) in [5.41, 5.74) is 7.15. The van der Waals surface area contributed by atoms with Gasteiger partial charge in [-0.25, -0.2) is 0 Å². The number of alkyl halides is 3. The van der Waals surface area contributed by atoms with Crippen molar-refractivity contribution in [3.05, 3.63) is 41.0 Å². The van der Waals surface area contributed by atoms with E-state index in [1.165, 1.54) is 31.4 Å². The molecule has 1 aliphatic rings. The molecule has 1 saturated carbocycles. The predicted octanol–water partition coefficient (Wildman–Crippen LogP) is 4.63. The quantitative estimate of drug-likeness (QED) is 0.860. The molecule has 20 heavy (non-hydrogen) atoms. The molecule has 1 nitrogen and oxygen atoms in total. The fourth-order valence-electron chi connectivity index (χ4n) is 2.80. The van der Waals surface area contributed by atoms with Crippen molar-refractivity contribution in [1.82, 2.24) is 0 Å². The fourth-order valence-corrected chi connectivity index (χ4v) is 2.80. The van der Waals surface area contributed by atoms with Gasteiger partial charge in [-0.3, -0.25) is 0 Å². The lowest BCUT2D eigenvalue weighted by Gasteiger charge is -2.24. The first-order valence-electron chi connectivity index (χ1n) is 7.08. The Bertz CT molecular complexity index is 454. The van der Waals surface area contributed by atoms with Crippen molar-refractivity contribution in [3.63, 3.8) is 0 Å². The normalized spacial score (nSPS) is 18.3. The van der Waals surface area contributed by atoms with Gasteiger partial charge in [-0.1, -0.05) is 43.0 Å². The number of hydrogen-bond donors (Lipinski definition) is 1. The van der Waals surface area contributed by atoms with E-state index in [0.29, 0.717) is 12.5 Å². The molecule has 0 spiro atoms. The van der Waals surface area contributed by atoms with Gasteiger partial charge in [0.25, 0.3) is 0 Å². The zero-order chi connectivity index (χ0) is 14.6. The molecule has 1 aromatic carbocycles. The van der Waals surface area contributed by atoms with Crippen LogP contribution in [0.15, 0.2) is 29.8 Å². The standard InChI is InChI=1S/C16H20F3N/c17-16(18,19)15-8-6-12(7-9-15)10-14(11-20)13-4-2-1-3-5-13/h6-10,13H,1-5,11,20H2/b14-10-. The molecule has 0 saturated heterocycles. The van der Waals surface area contributed by atoms with Crippen LogP contribution in [0.1, 0.15) is 43.2 Å². The Kier molecular flexibility index (Phi) is 4.86. The Morgan fingerprint density at radius 2 is 1.70 bits per heavy atom. The minimum absolute atomic E-state index is 0.478. The smallest absolute Gasteiger partial charge is 0.327 e. The molecule has 1 aliphatic carbocycles. The molecule has 0 aliphatic heterocycles. The van der Waals surface area contributed by atoms with Crippen LogP contribution in [0.4, 0.5) is 13.2 Å². The lowest BCUT2D eigenvalue weighted by atomic mass is 9.83. The molecule has 0 amide bonds. The second-order valence-corrected chi connectivity index (χ2v) is 5.38. The Balaban J connectivity index is 2.15. The van der Waals surface area contributed by atoms with Crippen LogP contribution in [0.3, 0.4) is 0 Å². The van der Waals surface area contributed by atoms with Crippen molar-refractivity contribution < 1.29 is 13.2 Å². The molecule has 1 fully saturated rings. The molecule has 110 valence electrons. The zero-order valence-electron chi connectivity index (χ0n) is 11.4. The molecule has 0 radical (unpaired) electrons. The molecule has 0 aromatic heterocycles. The maximum Gasteiger partial charge on any atom is 0.416 e. The van der Waals surface area contributed by atoms with Gasteiger partial charge < -0.3 is 5.73 Å². The van der Waals surface area contributed by atoms with E-state index in [0.717, 1.165) is 36.1 Å². The molecule has 4 heteroatoms. The van der Waals surface area contributed by atoms with Crippen molar-refractivity contribution in [2.24, 2.45) is 11.7 Å². The third-order valence-corrected chi connectivity index (χ3v) is 3.96. The maximum absolute atomic E-state index is 12.5. The van der Waals surface area contributed by atoms with Crippen LogP contribution in [0, 0.1) is 5.92 Å². The van der Waals surface area contributed by atoms with E-state index >= 15 is 0 Å². The Morgan fingerprint density at radius 1 is 1.10 bits per heavy atom. The van der Waals surface area contributed by atoms with E-state index < -0.39 is 11.7 Å². The Morgan fingerprint density at radius 3 is 2.20 bits per heavy atom. The summed E-state index contributed by atoms with van der Waals surface area (Å²) >= 11 is 0. The van der Waals surface area contributed by atoms with E-state index in [-0.39, 0.29) is 0 Å². The predicted molar refractivity (Wildman–Crippen MR) is 75.1 cm³/mol. The van der Waals surface area contributed by atoms with Crippen molar-refractivity contribution in [2.75, 3.05) is 6.54 Å². The van der Waals surface area contributed by atoms with Crippen LogP contribution in [-0.4, -0.2) is 6.54 Å². The molecule has 2 N–H and O–H groups in total. The van der Waals surface area contributed by atoms with Crippen LogP contribution in [0.2, 0.25) is 0 Å². The summed E-state index contributed by atoms with van der Waals surface area (Å²) in [6, 6.07) is 5.28. The molecule has 0 unspecified atom stereocenters. The van der Waals surface area contributed by atoms with Crippen molar-refractivity contribution in [1.29, 1.82) is 0 Å². The molecule has 0 atom stereocenters. The van der Waals surface area contributed by atoms with Crippen LogP contribution in [0.25, 0.3) is 6.08 Å². The lowest BCUT2D eigenvalue weighted by molar-refractivity contribution is -0.137. The Hall–Kier alpha value is -1.29. The van der Waals surface area contributed by atoms with Gasteiger partial charge in [0.1, 0.15) is 0 Å². The van der Waals surface area contributed by atoms with E-state index in [4.69, 9.17) is 5.73 Å². The highest BCUT2D eigenvalue weighted by atomic mass is 19.4. The van der Waals surface area contributed by atoms with E-state index in [9.17, 15) is 13.2 Å². The summed E-state index contributed by atoms with van der Waals surface area (Å²) in [5, 5.41) is 0. The number of hydrogen-bond acceptors (Lipinski definition) is 1. The summed E-state index contributed by atoms with van der Waals surface area (Å²) in [7, 11) is 0. The molecular formula is C16H20F3N. The SMILES string of the molecule is NC/C(=C/c1ccc(C(F)(F)F)cc1)C1CCCCC1. The highest BCUT2D eigenvalue weighted by Crippen LogP contribution is 2.32. The first kappa shape index (κ1) is 15.1. The molecule has 1 aromatic rings. The lowest BCUT2D eigenvalue weighted by Crippen LogP contribution is -2.16. The summed E-state index contributed by atoms with van der Waals surface area (Å²) in [6.45, 7) is 0.478. The summed E-state index contributed by atoms with van der Waals surface area (Å²) in [6.07, 6.45) is 3.67. The average Bonchev–Trinajstić information content (AvgIpc) is 2.45. The number of rotatable bonds is 3. The van der Waals surface area contributed by atoms with Crippen LogP contribution >= 0.6 is 0 Å². The third-order valence-electron chi connectivity index (χ3n) is 3.96. The topological polar surface area (TPSA) is 26.0 Å². The van der Waals surface area contributed by atoms with Gasteiger partial charge in [-0.05, 0) is 36.5 Å².